The van der Waals surface area contributed by atoms with E-state index in [1.54, 1.807) is 10.1 Å². The molecule has 2 aromatic rings. The van der Waals surface area contributed by atoms with Crippen molar-refractivity contribution in [2.45, 2.75) is 19.1 Å². The number of benzene rings is 2. The van der Waals surface area contributed by atoms with Gasteiger partial charge in [0.2, 0.25) is 0 Å². The average Bonchev–Trinajstić information content (AvgIpc) is 2.54. The third-order valence-corrected chi connectivity index (χ3v) is 4.14. The van der Waals surface area contributed by atoms with E-state index in [1.165, 1.54) is 13.0 Å². The maximum Gasteiger partial charge on any atom is 0.416 e. The first-order valence-electron chi connectivity index (χ1n) is 7.13. The number of hydrogen-bond acceptors (Lipinski definition) is 2. The van der Waals surface area contributed by atoms with E-state index in [1.807, 2.05) is 52.9 Å². The molecule has 126 valence electrons. The van der Waals surface area contributed by atoms with E-state index in [9.17, 15) is 18.0 Å². The van der Waals surface area contributed by atoms with Crippen molar-refractivity contribution in [3.63, 3.8) is 0 Å². The number of anilines is 1. The number of halogens is 4. The van der Waals surface area contributed by atoms with Crippen LogP contribution in [-0.2, 0) is 11.0 Å². The Hall–Kier alpha value is -1.83. The second-order valence-corrected chi connectivity index (χ2v) is 5.81. The van der Waals surface area contributed by atoms with Crippen molar-refractivity contribution in [1.29, 1.82) is 0 Å². The van der Waals surface area contributed by atoms with E-state index in [0.29, 0.717) is 11.3 Å². The Kier molecular flexibility index (Phi) is 6.04. The molecule has 0 aliphatic rings. The lowest BCUT2D eigenvalue weighted by Crippen LogP contribution is -2.18. The zero-order valence-corrected chi connectivity index (χ0v) is 14.9. The van der Waals surface area contributed by atoms with Crippen LogP contribution in [0, 0.1) is 0 Å². The molecule has 6 heteroatoms. The van der Waals surface area contributed by atoms with E-state index < -0.39 is 17.8 Å². The number of alkyl halides is 3. The third-order valence-electron chi connectivity index (χ3n) is 3.47. The lowest BCUT2D eigenvalue weighted by Gasteiger charge is -2.22. The van der Waals surface area contributed by atoms with Gasteiger partial charge in [-0.05, 0) is 34.8 Å². The number of rotatable bonds is 5. The van der Waals surface area contributed by atoms with Crippen molar-refractivity contribution in [2.75, 3.05) is 5.32 Å². The molecule has 0 aliphatic carbocycles. The molecule has 0 fully saturated rings. The summed E-state index contributed by atoms with van der Waals surface area (Å²) in [4.78, 5) is 11.9. The molecule has 1 unspecified atom stereocenters. The van der Waals surface area contributed by atoms with Gasteiger partial charge in [-0.1, -0.05) is 59.0 Å². The lowest BCUT2D eigenvalue weighted by atomic mass is 9.97. The number of ketones is 1. The third kappa shape index (κ3) is 4.59. The Balaban J connectivity index is 2.41. The van der Waals surface area contributed by atoms with Gasteiger partial charge >= 0.3 is 6.18 Å². The van der Waals surface area contributed by atoms with Crippen LogP contribution in [0.15, 0.2) is 64.3 Å². The van der Waals surface area contributed by atoms with Crippen LogP contribution in [0.1, 0.15) is 24.1 Å². The summed E-state index contributed by atoms with van der Waals surface area (Å²) in [5.74, 6) is -0.141. The van der Waals surface area contributed by atoms with Crippen LogP contribution in [0.2, 0.25) is 0 Å². The maximum atomic E-state index is 12.9. The summed E-state index contributed by atoms with van der Waals surface area (Å²) >= 11 is 1.97. The summed E-state index contributed by atoms with van der Waals surface area (Å²) in [6, 6.07) is 13.6. The molecule has 24 heavy (non-hydrogen) atoms. The predicted octanol–water partition coefficient (Wildman–Crippen LogP) is 5.77. The number of carbonyl (C=O) groups is 1. The Labute approximate surface area is 151 Å². The zero-order chi connectivity index (χ0) is 17.7. The molecule has 0 heterocycles. The second-order valence-electron chi connectivity index (χ2n) is 5.19. The molecule has 0 spiro atoms. The van der Waals surface area contributed by atoms with E-state index in [0.717, 1.165) is 17.7 Å². The summed E-state index contributed by atoms with van der Waals surface area (Å²) in [5.41, 5.74) is 0.852. The van der Waals surface area contributed by atoms with E-state index in [4.69, 9.17) is 0 Å². The van der Waals surface area contributed by atoms with Crippen molar-refractivity contribution >= 4 is 34.1 Å². The zero-order valence-electron chi connectivity index (χ0n) is 12.8. The minimum absolute atomic E-state index is 0.141. The highest BCUT2D eigenvalue weighted by Gasteiger charge is 2.30. The quantitative estimate of drug-likeness (QED) is 0.468. The summed E-state index contributed by atoms with van der Waals surface area (Å²) in [6.45, 7) is 1.44. The molecule has 2 aromatic carbocycles. The van der Waals surface area contributed by atoms with Crippen LogP contribution in [0.5, 0.6) is 0 Å². The smallest absolute Gasteiger partial charge is 0.374 e. The van der Waals surface area contributed by atoms with Crippen molar-refractivity contribution < 1.29 is 18.0 Å². The fourth-order valence-corrected chi connectivity index (χ4v) is 3.08. The van der Waals surface area contributed by atoms with Crippen molar-refractivity contribution in [3.8, 4) is 0 Å². The number of hydrogen-bond donors (Lipinski definition) is 1. The van der Waals surface area contributed by atoms with Gasteiger partial charge in [0.15, 0.2) is 5.78 Å². The SMILES string of the molecule is CC(=O)/C(=C/I)C(Nc1cccc(C(F)(F)F)c1)c1ccccc1. The minimum atomic E-state index is -4.41. The van der Waals surface area contributed by atoms with Crippen molar-refractivity contribution in [1.82, 2.24) is 0 Å². The highest BCUT2D eigenvalue weighted by Crippen LogP contribution is 2.33. The van der Waals surface area contributed by atoms with E-state index >= 15 is 0 Å². The summed E-state index contributed by atoms with van der Waals surface area (Å²) in [5, 5.41) is 3.05. The van der Waals surface area contributed by atoms with Gasteiger partial charge in [0.05, 0.1) is 11.6 Å². The maximum absolute atomic E-state index is 12.9. The highest BCUT2D eigenvalue weighted by molar-refractivity contribution is 14.1. The van der Waals surface area contributed by atoms with Crippen LogP contribution < -0.4 is 5.32 Å². The number of Topliss-reactive ketones (excluding diaryl/α,β-unsaturated/α-hetero) is 1. The summed E-state index contributed by atoms with van der Waals surface area (Å²) in [7, 11) is 0. The molecule has 0 radical (unpaired) electrons. The molecule has 2 nitrogen and oxygen atoms in total. The molecular formula is C18H15F3INO. The van der Waals surface area contributed by atoms with Gasteiger partial charge in [-0.25, -0.2) is 0 Å². The molecule has 0 aliphatic heterocycles. The average molecular weight is 445 g/mol. The standard InChI is InChI=1S/C18H15F3INO/c1-12(24)16(11-22)17(13-6-3-2-4-7-13)23-15-9-5-8-14(10-15)18(19,20)21/h2-11,17,23H,1H3/b16-11-. The fourth-order valence-electron chi connectivity index (χ4n) is 2.28. The molecule has 0 saturated carbocycles. The Bertz CT molecular complexity index is 741. The van der Waals surface area contributed by atoms with Crippen LogP contribution >= 0.6 is 22.6 Å². The summed E-state index contributed by atoms with van der Waals surface area (Å²) < 4.78 is 40.3. The molecular weight excluding hydrogens is 430 g/mol. The Morgan fingerprint density at radius 1 is 1.12 bits per heavy atom. The van der Waals surface area contributed by atoms with Gasteiger partial charge in [-0.3, -0.25) is 4.79 Å². The van der Waals surface area contributed by atoms with Gasteiger partial charge in [0, 0.05) is 11.3 Å². The number of nitrogens with one attached hydrogen (secondary N) is 1. The van der Waals surface area contributed by atoms with Crippen molar-refractivity contribution in [2.24, 2.45) is 0 Å². The second kappa shape index (κ2) is 7.83. The van der Waals surface area contributed by atoms with Gasteiger partial charge in [0.1, 0.15) is 0 Å². The van der Waals surface area contributed by atoms with E-state index in [2.05, 4.69) is 5.32 Å². The molecule has 2 rings (SSSR count). The van der Waals surface area contributed by atoms with Gasteiger partial charge in [-0.15, -0.1) is 0 Å². The van der Waals surface area contributed by atoms with Crippen LogP contribution in [0.3, 0.4) is 0 Å². The fraction of sp³-hybridized carbons (Fsp3) is 0.167. The normalized spacial score (nSPS) is 13.5. The van der Waals surface area contributed by atoms with E-state index in [-0.39, 0.29) is 5.78 Å². The molecule has 1 atom stereocenters. The minimum Gasteiger partial charge on any atom is -0.374 e. The van der Waals surface area contributed by atoms with Crippen molar-refractivity contribution in [3.05, 3.63) is 75.4 Å². The Morgan fingerprint density at radius 2 is 1.79 bits per heavy atom. The van der Waals surface area contributed by atoms with Gasteiger partial charge < -0.3 is 5.32 Å². The predicted molar refractivity (Wildman–Crippen MR) is 97.0 cm³/mol. The first-order chi connectivity index (χ1) is 11.3. The molecule has 0 aromatic heterocycles. The number of carbonyl (C=O) groups excluding carboxylic acids is 1. The first kappa shape index (κ1) is 18.5. The topological polar surface area (TPSA) is 29.1 Å². The first-order valence-corrected chi connectivity index (χ1v) is 8.37. The molecule has 1 N–H and O–H groups in total. The highest BCUT2D eigenvalue weighted by atomic mass is 127. The van der Waals surface area contributed by atoms with Gasteiger partial charge in [0.25, 0.3) is 0 Å². The molecule has 0 amide bonds. The summed E-state index contributed by atoms with van der Waals surface area (Å²) in [6.07, 6.45) is -4.41. The lowest BCUT2D eigenvalue weighted by molar-refractivity contribution is -0.137. The Morgan fingerprint density at radius 3 is 2.33 bits per heavy atom. The van der Waals surface area contributed by atoms with Gasteiger partial charge in [-0.2, -0.15) is 13.2 Å². The molecule has 0 saturated heterocycles. The monoisotopic (exact) mass is 445 g/mol. The largest absolute Gasteiger partial charge is 0.416 e. The van der Waals surface area contributed by atoms with Crippen LogP contribution in [0.4, 0.5) is 18.9 Å². The van der Waals surface area contributed by atoms with Crippen LogP contribution in [0.25, 0.3) is 0 Å². The van der Waals surface area contributed by atoms with Crippen LogP contribution in [-0.4, -0.2) is 5.78 Å². The molecule has 0 bridgehead atoms.